The number of carbonyl (C=O) groups is 2. The Morgan fingerprint density at radius 3 is 1.95 bits per heavy atom. The lowest BCUT2D eigenvalue weighted by atomic mass is 10.0. The Morgan fingerprint density at radius 1 is 1.10 bits per heavy atom. The van der Waals surface area contributed by atoms with Crippen molar-refractivity contribution in [3.63, 3.8) is 0 Å². The largest absolute Gasteiger partial charge is 0.503 e. The minimum absolute atomic E-state index is 0.489. The van der Waals surface area contributed by atoms with E-state index < -0.39 is 17.9 Å². The lowest BCUT2D eigenvalue weighted by molar-refractivity contribution is -0.0217. The molecule has 0 bridgehead atoms. The van der Waals surface area contributed by atoms with Crippen LogP contribution in [0.4, 0.5) is 9.59 Å². The highest BCUT2D eigenvalue weighted by Crippen LogP contribution is 2.16. The number of hydrogen-bond donors (Lipinski definition) is 6. The first-order valence-corrected chi connectivity index (χ1v) is 6.32. The number of carboxylic acid groups (broad SMARTS) is 4. The van der Waals surface area contributed by atoms with E-state index >= 15 is 0 Å². The van der Waals surface area contributed by atoms with Crippen molar-refractivity contribution in [2.75, 3.05) is 45.9 Å². The van der Waals surface area contributed by atoms with Gasteiger partial charge in [0.15, 0.2) is 0 Å². The van der Waals surface area contributed by atoms with E-state index in [1.807, 2.05) is 0 Å². The molecule has 21 heavy (non-hydrogen) atoms. The third kappa shape index (κ3) is 11.9. The molecular weight excluding hydrogens is 288 g/mol. The third-order valence-corrected chi connectivity index (χ3v) is 2.84. The molecule has 0 radical (unpaired) electrons. The first-order valence-electron chi connectivity index (χ1n) is 6.32. The van der Waals surface area contributed by atoms with Gasteiger partial charge in [-0.2, -0.15) is 0 Å². The quantitative estimate of drug-likeness (QED) is 0.392. The number of β-amino-alcohol motifs (C(OH)–C–C–N with tert-alkyl or cyclic N) is 1. The van der Waals surface area contributed by atoms with Crippen LogP contribution in [0.3, 0.4) is 0 Å². The monoisotopic (exact) mass is 310 g/mol. The molecule has 6 N–H and O–H groups in total. The molecule has 0 aromatic carbocycles. The highest BCUT2D eigenvalue weighted by molar-refractivity contribution is 5.53. The molecule has 2 saturated heterocycles. The number of aliphatic hydroxyl groups is 1. The van der Waals surface area contributed by atoms with Crippen molar-refractivity contribution >= 4 is 12.3 Å². The average Bonchev–Trinajstić information content (AvgIpc) is 2.75. The molecular formula is C11H22N2O8. The van der Waals surface area contributed by atoms with Crippen LogP contribution in [-0.4, -0.2) is 94.3 Å². The van der Waals surface area contributed by atoms with Crippen LogP contribution in [-0.2, 0) is 4.74 Å². The number of rotatable bonds is 2. The summed E-state index contributed by atoms with van der Waals surface area (Å²) in [6.07, 6.45) is -2.79. The second kappa shape index (κ2) is 10.2. The van der Waals surface area contributed by atoms with Crippen LogP contribution in [0.15, 0.2) is 0 Å². The Bertz CT molecular complexity index is 293. The van der Waals surface area contributed by atoms with Crippen LogP contribution >= 0.6 is 0 Å². The van der Waals surface area contributed by atoms with Crippen molar-refractivity contribution in [2.24, 2.45) is 0 Å². The molecule has 1 unspecified atom stereocenters. The number of nitrogens with one attached hydrogen (secondary N) is 1. The summed E-state index contributed by atoms with van der Waals surface area (Å²) in [7, 11) is 0. The Hall–Kier alpha value is -1.62. The van der Waals surface area contributed by atoms with Gasteiger partial charge in [0.2, 0.25) is 0 Å². The summed E-state index contributed by atoms with van der Waals surface area (Å²) in [4.78, 5) is 19.4. The van der Waals surface area contributed by atoms with E-state index in [1.165, 1.54) is 0 Å². The van der Waals surface area contributed by atoms with Gasteiger partial charge >= 0.3 is 12.3 Å². The zero-order valence-corrected chi connectivity index (χ0v) is 11.6. The molecule has 0 aromatic rings. The number of ether oxygens (including phenoxy) is 1. The van der Waals surface area contributed by atoms with Crippen LogP contribution in [0.2, 0.25) is 0 Å². The van der Waals surface area contributed by atoms with E-state index in [9.17, 15) is 5.11 Å². The van der Waals surface area contributed by atoms with Gasteiger partial charge in [0, 0.05) is 26.2 Å². The summed E-state index contributed by atoms with van der Waals surface area (Å²) in [6.45, 7) is 6.02. The van der Waals surface area contributed by atoms with Gasteiger partial charge in [-0.1, -0.05) is 0 Å². The second-order valence-electron chi connectivity index (χ2n) is 4.60. The maximum Gasteiger partial charge on any atom is 0.503 e. The first kappa shape index (κ1) is 19.4. The van der Waals surface area contributed by atoms with Crippen LogP contribution in [0, 0.1) is 0 Å². The van der Waals surface area contributed by atoms with Crippen LogP contribution in [0.1, 0.15) is 6.42 Å². The van der Waals surface area contributed by atoms with Crippen molar-refractivity contribution in [1.82, 2.24) is 10.2 Å². The Kier molecular flexibility index (Phi) is 9.37. The smallest absolute Gasteiger partial charge is 0.450 e. The van der Waals surface area contributed by atoms with Crippen LogP contribution < -0.4 is 5.32 Å². The van der Waals surface area contributed by atoms with Gasteiger partial charge in [-0.25, -0.2) is 9.59 Å². The summed E-state index contributed by atoms with van der Waals surface area (Å²) < 4.78 is 5.26. The number of nitrogens with zero attached hydrogens (tertiary/aromatic N) is 1. The molecule has 2 aliphatic rings. The van der Waals surface area contributed by atoms with Gasteiger partial charge in [-0.3, -0.25) is 4.90 Å². The van der Waals surface area contributed by atoms with Crippen molar-refractivity contribution in [3.05, 3.63) is 0 Å². The number of hydrogen-bond acceptors (Lipinski definition) is 6. The molecule has 10 nitrogen and oxygen atoms in total. The molecule has 124 valence electrons. The standard InChI is InChI=1S/C9H18N2O2.2CH2O3/c12-9(1-2-10-7-9)8-11-3-5-13-6-4-11;2*2-1(3)4/h10,12H,1-8H2;2*(H2,2,3,4). The van der Waals surface area contributed by atoms with Gasteiger partial charge in [0.25, 0.3) is 0 Å². The molecule has 2 rings (SSSR count). The molecule has 2 fully saturated rings. The molecule has 0 aromatic heterocycles. The highest BCUT2D eigenvalue weighted by atomic mass is 16.6. The van der Waals surface area contributed by atoms with E-state index in [0.29, 0.717) is 0 Å². The molecule has 0 aliphatic carbocycles. The van der Waals surface area contributed by atoms with Crippen molar-refractivity contribution in [3.8, 4) is 0 Å². The van der Waals surface area contributed by atoms with Gasteiger partial charge in [0.1, 0.15) is 0 Å². The van der Waals surface area contributed by atoms with Crippen LogP contribution in [0.5, 0.6) is 0 Å². The third-order valence-electron chi connectivity index (χ3n) is 2.84. The lowest BCUT2D eigenvalue weighted by Gasteiger charge is -2.33. The minimum atomic E-state index is -1.83. The van der Waals surface area contributed by atoms with Gasteiger partial charge in [-0.15, -0.1) is 0 Å². The van der Waals surface area contributed by atoms with E-state index in [2.05, 4.69) is 10.2 Å². The van der Waals surface area contributed by atoms with E-state index in [1.54, 1.807) is 0 Å². The highest BCUT2D eigenvalue weighted by Gasteiger charge is 2.33. The lowest BCUT2D eigenvalue weighted by Crippen LogP contribution is -2.48. The molecule has 2 aliphatic heterocycles. The summed E-state index contributed by atoms with van der Waals surface area (Å²) in [6, 6.07) is 0. The zero-order valence-electron chi connectivity index (χ0n) is 11.6. The van der Waals surface area contributed by atoms with E-state index in [-0.39, 0.29) is 0 Å². The summed E-state index contributed by atoms with van der Waals surface area (Å²) in [5.74, 6) is 0. The average molecular weight is 310 g/mol. The maximum absolute atomic E-state index is 10.1. The molecule has 10 heteroatoms. The number of morpholine rings is 1. The Balaban J connectivity index is 0.000000421. The van der Waals surface area contributed by atoms with Crippen molar-refractivity contribution in [1.29, 1.82) is 0 Å². The molecule has 1 atom stereocenters. The molecule has 0 saturated carbocycles. The SMILES string of the molecule is O=C(O)O.O=C(O)O.OC1(CN2CCOCC2)CCNC1. The first-order chi connectivity index (χ1) is 9.75. The molecule has 0 spiro atoms. The van der Waals surface area contributed by atoms with Crippen molar-refractivity contribution in [2.45, 2.75) is 12.0 Å². The topological polar surface area (TPSA) is 160 Å². The van der Waals surface area contributed by atoms with Gasteiger partial charge in [-0.05, 0) is 13.0 Å². The van der Waals surface area contributed by atoms with Gasteiger partial charge < -0.3 is 35.6 Å². The van der Waals surface area contributed by atoms with Gasteiger partial charge in [0.05, 0.1) is 18.8 Å². The fourth-order valence-electron chi connectivity index (χ4n) is 2.04. The normalized spacial score (nSPS) is 25.0. The van der Waals surface area contributed by atoms with E-state index in [4.69, 9.17) is 34.8 Å². The predicted octanol–water partition coefficient (Wildman–Crippen LogP) is -0.512. The molecule has 2 heterocycles. The van der Waals surface area contributed by atoms with Crippen LogP contribution in [0.25, 0.3) is 0 Å². The Labute approximate surface area is 121 Å². The van der Waals surface area contributed by atoms with E-state index in [0.717, 1.165) is 52.4 Å². The van der Waals surface area contributed by atoms with Crippen molar-refractivity contribution < 1.29 is 39.9 Å². The zero-order chi connectivity index (χ0) is 16.3. The summed E-state index contributed by atoms with van der Waals surface area (Å²) in [5, 5.41) is 41.2. The maximum atomic E-state index is 10.1. The second-order valence-corrected chi connectivity index (χ2v) is 4.60. The summed E-state index contributed by atoms with van der Waals surface area (Å²) in [5.41, 5.74) is -0.489. The Morgan fingerprint density at radius 2 is 1.57 bits per heavy atom. The fraction of sp³-hybridized carbons (Fsp3) is 0.818. The fourth-order valence-corrected chi connectivity index (χ4v) is 2.04. The predicted molar refractivity (Wildman–Crippen MR) is 71.0 cm³/mol. The summed E-state index contributed by atoms with van der Waals surface area (Å²) >= 11 is 0. The molecule has 0 amide bonds. The minimum Gasteiger partial charge on any atom is -0.450 e.